The normalized spacial score (nSPS) is 19.8. The summed E-state index contributed by atoms with van der Waals surface area (Å²) in [6, 6.07) is 2.32. The van der Waals surface area contributed by atoms with Gasteiger partial charge in [-0.25, -0.2) is 18.2 Å². The summed E-state index contributed by atoms with van der Waals surface area (Å²) < 4.78 is 23.3. The molecule has 1 aromatic rings. The van der Waals surface area contributed by atoms with Crippen molar-refractivity contribution in [2.45, 2.75) is 25.8 Å². The van der Waals surface area contributed by atoms with Gasteiger partial charge in [0, 0.05) is 24.3 Å². The number of hydrogen-bond acceptors (Lipinski definition) is 5. The fourth-order valence-electron chi connectivity index (χ4n) is 2.56. The van der Waals surface area contributed by atoms with Crippen molar-refractivity contribution < 1.29 is 23.1 Å². The lowest BCUT2D eigenvalue weighted by atomic mass is 10.1. The summed E-state index contributed by atoms with van der Waals surface area (Å²) in [4.78, 5) is 28.8. The summed E-state index contributed by atoms with van der Waals surface area (Å²) in [5.41, 5.74) is 0.00601. The molecule has 0 aromatic carbocycles. The molecule has 1 amide bonds. The van der Waals surface area contributed by atoms with E-state index in [1.807, 2.05) is 6.92 Å². The molecule has 0 radical (unpaired) electrons. The molecule has 0 aliphatic carbocycles. The Morgan fingerprint density at radius 1 is 1.45 bits per heavy atom. The maximum atomic E-state index is 12.6. The van der Waals surface area contributed by atoms with Gasteiger partial charge in [-0.3, -0.25) is 4.79 Å². The summed E-state index contributed by atoms with van der Waals surface area (Å²) >= 11 is 0. The van der Waals surface area contributed by atoms with Crippen molar-refractivity contribution in [3.05, 3.63) is 29.6 Å². The molecule has 0 bridgehead atoms. The number of carboxylic acids is 1. The number of carbonyl (C=O) groups is 2. The molecule has 22 heavy (non-hydrogen) atoms. The zero-order valence-electron chi connectivity index (χ0n) is 12.2. The van der Waals surface area contributed by atoms with Gasteiger partial charge in [0.25, 0.3) is 5.91 Å². The number of hydrogen-bond donors (Lipinski definition) is 1. The van der Waals surface area contributed by atoms with Crippen LogP contribution in [-0.4, -0.2) is 59.4 Å². The molecule has 1 aliphatic rings. The third-order valence-electron chi connectivity index (χ3n) is 3.60. The van der Waals surface area contributed by atoms with Crippen molar-refractivity contribution in [1.29, 1.82) is 0 Å². The van der Waals surface area contributed by atoms with Crippen molar-refractivity contribution in [3.8, 4) is 0 Å². The number of sulfone groups is 1. The van der Waals surface area contributed by atoms with Crippen LogP contribution in [0.1, 0.15) is 40.6 Å². The van der Waals surface area contributed by atoms with Gasteiger partial charge < -0.3 is 10.0 Å². The van der Waals surface area contributed by atoms with Crippen molar-refractivity contribution >= 4 is 21.7 Å². The highest BCUT2D eigenvalue weighted by Crippen LogP contribution is 2.20. The lowest BCUT2D eigenvalue weighted by Gasteiger charge is -2.28. The topological polar surface area (TPSA) is 105 Å². The first-order valence-electron chi connectivity index (χ1n) is 7.05. The fourth-order valence-corrected chi connectivity index (χ4v) is 4.29. The molecule has 1 fully saturated rings. The molecule has 0 spiro atoms. The Morgan fingerprint density at radius 2 is 2.18 bits per heavy atom. The molecule has 7 nitrogen and oxygen atoms in total. The van der Waals surface area contributed by atoms with Crippen molar-refractivity contribution in [1.82, 2.24) is 9.88 Å². The van der Waals surface area contributed by atoms with E-state index >= 15 is 0 Å². The van der Waals surface area contributed by atoms with Crippen molar-refractivity contribution in [2.75, 3.05) is 18.1 Å². The zero-order valence-corrected chi connectivity index (χ0v) is 13.0. The predicted octanol–water partition coefficient (Wildman–Crippen LogP) is 0.819. The molecule has 1 aliphatic heterocycles. The van der Waals surface area contributed by atoms with E-state index < -0.39 is 15.8 Å². The number of amides is 1. The molecule has 8 heteroatoms. The number of pyridine rings is 1. The first-order valence-corrected chi connectivity index (χ1v) is 8.87. The standard InChI is InChI=1S/C14H18N2O5S/c1-2-6-16(11-4-7-22(20,21)9-11)13(17)10-3-5-15-12(8-10)14(18)19/h3,5,8,11H,2,4,6-7,9H2,1H3,(H,18,19). The highest BCUT2D eigenvalue weighted by molar-refractivity contribution is 7.91. The van der Waals surface area contributed by atoms with E-state index in [0.29, 0.717) is 19.4 Å². The van der Waals surface area contributed by atoms with E-state index in [9.17, 15) is 18.0 Å². The van der Waals surface area contributed by atoms with E-state index in [4.69, 9.17) is 5.11 Å². The van der Waals surface area contributed by atoms with Crippen LogP contribution < -0.4 is 0 Å². The summed E-state index contributed by atoms with van der Waals surface area (Å²) in [5.74, 6) is -1.51. The molecular weight excluding hydrogens is 308 g/mol. The number of carbonyl (C=O) groups excluding carboxylic acids is 1. The Hall–Kier alpha value is -1.96. The molecule has 1 N–H and O–H groups in total. The number of carboxylic acid groups (broad SMARTS) is 1. The van der Waals surface area contributed by atoms with E-state index in [2.05, 4.69) is 4.98 Å². The van der Waals surface area contributed by atoms with E-state index in [1.165, 1.54) is 23.2 Å². The molecule has 1 unspecified atom stereocenters. The van der Waals surface area contributed by atoms with Gasteiger partial charge >= 0.3 is 5.97 Å². The Labute approximate surface area is 128 Å². The van der Waals surface area contributed by atoms with E-state index in [-0.39, 0.29) is 34.7 Å². The quantitative estimate of drug-likeness (QED) is 0.859. The summed E-state index contributed by atoms with van der Waals surface area (Å²) in [6.07, 6.45) is 2.39. The summed E-state index contributed by atoms with van der Waals surface area (Å²) in [7, 11) is -3.10. The van der Waals surface area contributed by atoms with Crippen LogP contribution in [0.4, 0.5) is 0 Å². The molecule has 2 rings (SSSR count). The molecule has 0 saturated carbocycles. The molecular formula is C14H18N2O5S. The second-order valence-electron chi connectivity index (χ2n) is 5.29. The summed E-state index contributed by atoms with van der Waals surface area (Å²) in [5, 5.41) is 8.95. The van der Waals surface area contributed by atoms with Gasteiger partial charge in [-0.05, 0) is 25.0 Å². The molecule has 1 aromatic heterocycles. The Balaban J connectivity index is 2.27. The predicted molar refractivity (Wildman–Crippen MR) is 79.6 cm³/mol. The minimum Gasteiger partial charge on any atom is -0.477 e. The van der Waals surface area contributed by atoms with Crippen LogP contribution in [0.2, 0.25) is 0 Å². The maximum absolute atomic E-state index is 12.6. The molecule has 1 saturated heterocycles. The van der Waals surface area contributed by atoms with Crippen molar-refractivity contribution in [2.24, 2.45) is 0 Å². The van der Waals surface area contributed by atoms with Gasteiger partial charge in [0.05, 0.1) is 11.5 Å². The van der Waals surface area contributed by atoms with Gasteiger partial charge in [0.1, 0.15) is 5.69 Å². The Morgan fingerprint density at radius 3 is 2.73 bits per heavy atom. The first kappa shape index (κ1) is 16.4. The van der Waals surface area contributed by atoms with Crippen LogP contribution in [0.3, 0.4) is 0 Å². The van der Waals surface area contributed by atoms with Crippen molar-refractivity contribution in [3.63, 3.8) is 0 Å². The van der Waals surface area contributed by atoms with Crippen LogP contribution in [-0.2, 0) is 9.84 Å². The largest absolute Gasteiger partial charge is 0.477 e. The first-order chi connectivity index (χ1) is 10.3. The highest BCUT2D eigenvalue weighted by atomic mass is 32.2. The molecule has 2 heterocycles. The number of nitrogens with zero attached hydrogens (tertiary/aromatic N) is 2. The van der Waals surface area contributed by atoms with Gasteiger partial charge in [0.15, 0.2) is 9.84 Å². The number of aromatic nitrogens is 1. The highest BCUT2D eigenvalue weighted by Gasteiger charge is 2.34. The maximum Gasteiger partial charge on any atom is 0.354 e. The third-order valence-corrected chi connectivity index (χ3v) is 5.35. The second-order valence-corrected chi connectivity index (χ2v) is 7.52. The zero-order chi connectivity index (χ0) is 16.3. The van der Waals surface area contributed by atoms with Gasteiger partial charge in [-0.15, -0.1) is 0 Å². The van der Waals surface area contributed by atoms with E-state index in [1.54, 1.807) is 0 Å². The lowest BCUT2D eigenvalue weighted by molar-refractivity contribution is 0.0690. The monoisotopic (exact) mass is 326 g/mol. The summed E-state index contributed by atoms with van der Waals surface area (Å²) in [6.45, 7) is 2.34. The second kappa shape index (κ2) is 6.43. The smallest absolute Gasteiger partial charge is 0.354 e. The van der Waals surface area contributed by atoms with Gasteiger partial charge in [-0.2, -0.15) is 0 Å². The van der Waals surface area contributed by atoms with Crippen LogP contribution in [0, 0.1) is 0 Å². The average Bonchev–Trinajstić information content (AvgIpc) is 2.84. The Kier molecular flexibility index (Phi) is 4.80. The third kappa shape index (κ3) is 3.62. The minimum atomic E-state index is -3.10. The van der Waals surface area contributed by atoms with Gasteiger partial charge in [0.2, 0.25) is 0 Å². The van der Waals surface area contributed by atoms with E-state index in [0.717, 1.165) is 0 Å². The SMILES string of the molecule is CCCN(C(=O)c1ccnc(C(=O)O)c1)C1CCS(=O)(=O)C1. The van der Waals surface area contributed by atoms with Gasteiger partial charge in [-0.1, -0.05) is 6.92 Å². The fraction of sp³-hybridized carbons (Fsp3) is 0.500. The Bertz CT molecular complexity index is 686. The van der Waals surface area contributed by atoms with Crippen LogP contribution in [0.5, 0.6) is 0 Å². The lowest BCUT2D eigenvalue weighted by Crippen LogP contribution is -2.41. The average molecular weight is 326 g/mol. The van der Waals surface area contributed by atoms with Crippen LogP contribution in [0.25, 0.3) is 0 Å². The van der Waals surface area contributed by atoms with Crippen LogP contribution >= 0.6 is 0 Å². The van der Waals surface area contributed by atoms with Crippen LogP contribution in [0.15, 0.2) is 18.3 Å². The number of aromatic carboxylic acids is 1. The minimum absolute atomic E-state index is 0.0321. The molecule has 120 valence electrons. The number of rotatable bonds is 5. The molecule has 1 atom stereocenters.